The van der Waals surface area contributed by atoms with Crippen molar-refractivity contribution in [1.82, 2.24) is 10.7 Å². The van der Waals surface area contributed by atoms with Crippen LogP contribution in [0.5, 0.6) is 0 Å². The normalized spacial score (nSPS) is 10.4. The fourth-order valence-electron chi connectivity index (χ4n) is 1.58. The van der Waals surface area contributed by atoms with Gasteiger partial charge in [0.25, 0.3) is 0 Å². The van der Waals surface area contributed by atoms with E-state index in [1.807, 2.05) is 12.1 Å². The summed E-state index contributed by atoms with van der Waals surface area (Å²) >= 11 is 4.91. The molecule has 0 radical (unpaired) electrons. The van der Waals surface area contributed by atoms with Crippen LogP contribution in [0.4, 0.5) is 5.69 Å². The lowest BCUT2D eigenvalue weighted by Crippen LogP contribution is -2.28. The second kappa shape index (κ2) is 7.66. The Morgan fingerprint density at radius 1 is 1.28 bits per heavy atom. The minimum atomic E-state index is 0.506. The molecule has 0 spiro atoms. The molecule has 0 saturated carbocycles. The van der Waals surface area contributed by atoms with Crippen LogP contribution in [0.1, 0.15) is 19.4 Å². The molecule has 1 rings (SSSR count). The van der Waals surface area contributed by atoms with Crippen molar-refractivity contribution in [3.05, 3.63) is 29.8 Å². The van der Waals surface area contributed by atoms with E-state index in [9.17, 15) is 0 Å². The number of hydrogen-bond donors (Lipinski definition) is 2. The molecule has 0 aliphatic rings. The lowest BCUT2D eigenvalue weighted by atomic mass is 10.2. The van der Waals surface area contributed by atoms with E-state index >= 15 is 0 Å². The lowest BCUT2D eigenvalue weighted by Gasteiger charge is -2.20. The summed E-state index contributed by atoms with van der Waals surface area (Å²) in [5.41, 5.74) is 4.99. The SMILES string of the molecule is CCN(CC)c1ccc(/C=N/NC(=S)NC)cc1. The smallest absolute Gasteiger partial charge is 0.186 e. The van der Waals surface area contributed by atoms with Crippen molar-refractivity contribution in [3.8, 4) is 0 Å². The molecule has 0 aliphatic carbocycles. The standard InChI is InChI=1S/C13H20N4S/c1-4-17(5-2)12-8-6-11(7-9-12)10-15-16-13(18)14-3/h6-10H,4-5H2,1-3H3,(H2,14,16,18)/b15-10+. The minimum absolute atomic E-state index is 0.506. The van der Waals surface area contributed by atoms with E-state index in [1.165, 1.54) is 5.69 Å². The highest BCUT2D eigenvalue weighted by Crippen LogP contribution is 2.13. The van der Waals surface area contributed by atoms with Crippen LogP contribution in [-0.2, 0) is 0 Å². The van der Waals surface area contributed by atoms with Gasteiger partial charge in [-0.15, -0.1) is 0 Å². The summed E-state index contributed by atoms with van der Waals surface area (Å²) in [5.74, 6) is 0. The summed E-state index contributed by atoms with van der Waals surface area (Å²) in [4.78, 5) is 2.30. The molecule has 0 fully saturated rings. The number of anilines is 1. The van der Waals surface area contributed by atoms with Gasteiger partial charge in [0.15, 0.2) is 5.11 Å². The van der Waals surface area contributed by atoms with Gasteiger partial charge < -0.3 is 10.2 Å². The van der Waals surface area contributed by atoms with Gasteiger partial charge >= 0.3 is 0 Å². The third-order valence-corrected chi connectivity index (χ3v) is 2.92. The number of benzene rings is 1. The molecule has 1 aromatic rings. The molecule has 0 unspecified atom stereocenters. The summed E-state index contributed by atoms with van der Waals surface area (Å²) in [6.45, 7) is 6.34. The first-order chi connectivity index (χ1) is 8.71. The molecule has 98 valence electrons. The first kappa shape index (κ1) is 14.4. The van der Waals surface area contributed by atoms with E-state index < -0.39 is 0 Å². The topological polar surface area (TPSA) is 39.7 Å². The second-order valence-corrected chi connectivity index (χ2v) is 4.12. The fraction of sp³-hybridized carbons (Fsp3) is 0.385. The van der Waals surface area contributed by atoms with Crippen molar-refractivity contribution < 1.29 is 0 Å². The van der Waals surface area contributed by atoms with Gasteiger partial charge in [-0.1, -0.05) is 12.1 Å². The van der Waals surface area contributed by atoms with Crippen LogP contribution in [0.25, 0.3) is 0 Å². The van der Waals surface area contributed by atoms with Crippen LogP contribution >= 0.6 is 12.2 Å². The van der Waals surface area contributed by atoms with Crippen LogP contribution in [0.3, 0.4) is 0 Å². The van der Waals surface area contributed by atoms with Crippen LogP contribution in [0, 0.1) is 0 Å². The van der Waals surface area contributed by atoms with Gasteiger partial charge in [-0.2, -0.15) is 5.10 Å². The summed E-state index contributed by atoms with van der Waals surface area (Å²) in [6, 6.07) is 8.29. The van der Waals surface area contributed by atoms with Crippen LogP contribution < -0.4 is 15.6 Å². The van der Waals surface area contributed by atoms with Crippen molar-refractivity contribution in [1.29, 1.82) is 0 Å². The van der Waals surface area contributed by atoms with Gasteiger partial charge in [-0.25, -0.2) is 0 Å². The van der Waals surface area contributed by atoms with E-state index in [0.717, 1.165) is 18.7 Å². The Balaban J connectivity index is 2.62. The number of hydrazone groups is 1. The molecule has 0 saturated heterocycles. The first-order valence-electron chi connectivity index (χ1n) is 6.07. The molecule has 0 bridgehead atoms. The van der Waals surface area contributed by atoms with Gasteiger partial charge in [0.1, 0.15) is 0 Å². The molecule has 4 nitrogen and oxygen atoms in total. The van der Waals surface area contributed by atoms with Gasteiger partial charge in [0, 0.05) is 25.8 Å². The van der Waals surface area contributed by atoms with Crippen molar-refractivity contribution in [2.45, 2.75) is 13.8 Å². The molecule has 0 aromatic heterocycles. The van der Waals surface area contributed by atoms with Crippen molar-refractivity contribution in [3.63, 3.8) is 0 Å². The molecule has 0 atom stereocenters. The molecular formula is C13H20N4S. The molecule has 1 aromatic carbocycles. The van der Waals surface area contributed by atoms with Gasteiger partial charge in [-0.3, -0.25) is 5.43 Å². The van der Waals surface area contributed by atoms with Gasteiger partial charge in [0.05, 0.1) is 6.21 Å². The number of rotatable bonds is 5. The number of nitrogens with one attached hydrogen (secondary N) is 2. The molecule has 0 heterocycles. The highest BCUT2D eigenvalue weighted by atomic mass is 32.1. The predicted octanol–water partition coefficient (Wildman–Crippen LogP) is 1.96. The maximum absolute atomic E-state index is 4.91. The van der Waals surface area contributed by atoms with Crippen molar-refractivity contribution in [2.75, 3.05) is 25.0 Å². The number of hydrogen-bond acceptors (Lipinski definition) is 3. The quantitative estimate of drug-likeness (QED) is 0.484. The zero-order valence-electron chi connectivity index (χ0n) is 11.1. The zero-order chi connectivity index (χ0) is 13.4. The third-order valence-electron chi connectivity index (χ3n) is 2.63. The van der Waals surface area contributed by atoms with Crippen LogP contribution in [0.2, 0.25) is 0 Å². The average molecular weight is 264 g/mol. The molecule has 5 heteroatoms. The largest absolute Gasteiger partial charge is 0.372 e. The Bertz CT molecular complexity index is 396. The van der Waals surface area contributed by atoms with Crippen LogP contribution in [-0.4, -0.2) is 31.5 Å². The molecular weight excluding hydrogens is 244 g/mol. The van der Waals surface area contributed by atoms with Crippen molar-refractivity contribution >= 4 is 29.2 Å². The van der Waals surface area contributed by atoms with E-state index in [-0.39, 0.29) is 0 Å². The monoisotopic (exact) mass is 264 g/mol. The predicted molar refractivity (Wildman–Crippen MR) is 82.4 cm³/mol. The summed E-state index contributed by atoms with van der Waals surface area (Å²) in [5, 5.41) is 7.33. The molecule has 0 aliphatic heterocycles. The third kappa shape index (κ3) is 4.33. The summed E-state index contributed by atoms with van der Waals surface area (Å²) in [6.07, 6.45) is 1.75. The fourth-order valence-corrected chi connectivity index (χ4v) is 1.63. The van der Waals surface area contributed by atoms with Crippen molar-refractivity contribution in [2.24, 2.45) is 5.10 Å². The average Bonchev–Trinajstić information content (AvgIpc) is 2.41. The van der Waals surface area contributed by atoms with E-state index in [1.54, 1.807) is 13.3 Å². The van der Waals surface area contributed by atoms with Gasteiger partial charge in [0.2, 0.25) is 0 Å². The van der Waals surface area contributed by atoms with Gasteiger partial charge in [-0.05, 0) is 43.8 Å². The number of thiocarbonyl (C=S) groups is 1. The highest BCUT2D eigenvalue weighted by molar-refractivity contribution is 7.80. The maximum Gasteiger partial charge on any atom is 0.186 e. The van der Waals surface area contributed by atoms with E-state index in [2.05, 4.69) is 46.7 Å². The minimum Gasteiger partial charge on any atom is -0.372 e. The first-order valence-corrected chi connectivity index (χ1v) is 6.47. The maximum atomic E-state index is 4.91. The lowest BCUT2D eigenvalue weighted by molar-refractivity contribution is 0.866. The molecule has 2 N–H and O–H groups in total. The number of nitrogens with zero attached hydrogens (tertiary/aromatic N) is 2. The second-order valence-electron chi connectivity index (χ2n) is 3.71. The Morgan fingerprint density at radius 3 is 2.39 bits per heavy atom. The Morgan fingerprint density at radius 2 is 1.89 bits per heavy atom. The Hall–Kier alpha value is -1.62. The molecule has 0 amide bonds. The van der Waals surface area contributed by atoms with E-state index in [4.69, 9.17) is 12.2 Å². The Labute approximate surface area is 114 Å². The van der Waals surface area contributed by atoms with Crippen LogP contribution in [0.15, 0.2) is 29.4 Å². The summed E-state index contributed by atoms with van der Waals surface area (Å²) in [7, 11) is 1.75. The van der Waals surface area contributed by atoms with E-state index in [0.29, 0.717) is 5.11 Å². The summed E-state index contributed by atoms with van der Waals surface area (Å²) < 4.78 is 0. The zero-order valence-corrected chi connectivity index (χ0v) is 11.9. The Kier molecular flexibility index (Phi) is 6.14. The molecule has 18 heavy (non-hydrogen) atoms. The highest BCUT2D eigenvalue weighted by Gasteiger charge is 2.00.